The Bertz CT molecular complexity index is 483. The summed E-state index contributed by atoms with van der Waals surface area (Å²) < 4.78 is 1.23. The van der Waals surface area contributed by atoms with Crippen LogP contribution in [0.4, 0.5) is 0 Å². The van der Waals surface area contributed by atoms with Crippen LogP contribution in [0.1, 0.15) is 25.5 Å². The molecule has 4 heteroatoms. The summed E-state index contributed by atoms with van der Waals surface area (Å²) in [4.78, 5) is 4.43. The second kappa shape index (κ2) is 5.58. The number of thiophene rings is 1. The van der Waals surface area contributed by atoms with Crippen molar-refractivity contribution >= 4 is 21.6 Å². The molecule has 0 bridgehead atoms. The number of hydrogen-bond donors (Lipinski definition) is 2. The third kappa shape index (κ3) is 3.03. The molecule has 0 aliphatic rings. The van der Waals surface area contributed by atoms with Gasteiger partial charge in [0.1, 0.15) is 0 Å². The van der Waals surface area contributed by atoms with E-state index in [4.69, 9.17) is 5.11 Å². The van der Waals surface area contributed by atoms with Gasteiger partial charge in [0.15, 0.2) is 0 Å². The average Bonchev–Trinajstić information content (AvgIpc) is 2.82. The summed E-state index contributed by atoms with van der Waals surface area (Å²) in [5.41, 5.74) is 2.26. The van der Waals surface area contributed by atoms with Gasteiger partial charge in [-0.3, -0.25) is 4.98 Å². The van der Waals surface area contributed by atoms with Gasteiger partial charge in [0.05, 0.1) is 10.2 Å². The number of aromatic nitrogens is 1. The highest BCUT2D eigenvalue weighted by Crippen LogP contribution is 2.22. The van der Waals surface area contributed by atoms with Crippen LogP contribution in [0.5, 0.6) is 0 Å². The van der Waals surface area contributed by atoms with Gasteiger partial charge in [0.2, 0.25) is 0 Å². The standard InChI is InChI=1S/C13H18N2OS/c1-9(8-16)6-14-10(2)11-5-13-12(15-7-11)3-4-17-13/h3-5,7,9-10,14,16H,6,8H2,1-2H3. The topological polar surface area (TPSA) is 45.1 Å². The van der Waals surface area contributed by atoms with Crippen LogP contribution in [0, 0.1) is 5.92 Å². The number of aliphatic hydroxyl groups is 1. The van der Waals surface area contributed by atoms with Crippen LogP contribution < -0.4 is 5.32 Å². The Morgan fingerprint density at radius 3 is 3.06 bits per heavy atom. The smallest absolute Gasteiger partial charge is 0.0809 e. The van der Waals surface area contributed by atoms with E-state index < -0.39 is 0 Å². The van der Waals surface area contributed by atoms with Gasteiger partial charge < -0.3 is 10.4 Å². The summed E-state index contributed by atoms with van der Waals surface area (Å²) in [6.45, 7) is 5.20. The lowest BCUT2D eigenvalue weighted by Crippen LogP contribution is -2.26. The van der Waals surface area contributed by atoms with Crippen molar-refractivity contribution in [2.75, 3.05) is 13.2 Å². The fourth-order valence-electron chi connectivity index (χ4n) is 1.66. The summed E-state index contributed by atoms with van der Waals surface area (Å²) in [6.07, 6.45) is 1.93. The van der Waals surface area contributed by atoms with Crippen molar-refractivity contribution in [3.63, 3.8) is 0 Å². The van der Waals surface area contributed by atoms with Crippen molar-refractivity contribution in [1.29, 1.82) is 0 Å². The molecule has 0 aliphatic carbocycles. The van der Waals surface area contributed by atoms with Gasteiger partial charge in [0, 0.05) is 25.4 Å². The SMILES string of the molecule is CC(CO)CNC(C)c1cnc2ccsc2c1. The third-order valence-corrected chi connectivity index (χ3v) is 3.76. The van der Waals surface area contributed by atoms with Gasteiger partial charge >= 0.3 is 0 Å². The molecule has 0 saturated heterocycles. The van der Waals surface area contributed by atoms with Crippen molar-refractivity contribution in [3.05, 3.63) is 29.3 Å². The van der Waals surface area contributed by atoms with Crippen LogP contribution in [-0.2, 0) is 0 Å². The van der Waals surface area contributed by atoms with Crippen molar-refractivity contribution in [2.24, 2.45) is 5.92 Å². The quantitative estimate of drug-likeness (QED) is 0.857. The minimum absolute atomic E-state index is 0.224. The van der Waals surface area contributed by atoms with E-state index in [1.54, 1.807) is 11.3 Å². The van der Waals surface area contributed by atoms with Gasteiger partial charge in [-0.1, -0.05) is 6.92 Å². The zero-order valence-corrected chi connectivity index (χ0v) is 11.0. The molecule has 3 nitrogen and oxygen atoms in total. The van der Waals surface area contributed by atoms with E-state index >= 15 is 0 Å². The summed E-state index contributed by atoms with van der Waals surface area (Å²) in [7, 11) is 0. The summed E-state index contributed by atoms with van der Waals surface area (Å²) in [5.74, 6) is 0.288. The Labute approximate surface area is 106 Å². The summed E-state index contributed by atoms with van der Waals surface area (Å²) in [5, 5.41) is 14.5. The third-order valence-electron chi connectivity index (χ3n) is 2.91. The maximum Gasteiger partial charge on any atom is 0.0809 e. The second-order valence-corrected chi connectivity index (χ2v) is 5.44. The molecule has 2 aromatic heterocycles. The molecule has 92 valence electrons. The number of nitrogens with one attached hydrogen (secondary N) is 1. The lowest BCUT2D eigenvalue weighted by Gasteiger charge is -2.16. The molecular weight excluding hydrogens is 232 g/mol. The predicted octanol–water partition coefficient (Wildman–Crippen LogP) is 2.58. The van der Waals surface area contributed by atoms with E-state index in [1.807, 2.05) is 19.2 Å². The highest BCUT2D eigenvalue weighted by Gasteiger charge is 2.08. The van der Waals surface area contributed by atoms with Gasteiger partial charge in [0.25, 0.3) is 0 Å². The molecule has 0 spiro atoms. The zero-order valence-electron chi connectivity index (χ0n) is 10.2. The van der Waals surface area contributed by atoms with E-state index in [2.05, 4.69) is 28.7 Å². The normalized spacial score (nSPS) is 15.0. The number of fused-ring (bicyclic) bond motifs is 1. The van der Waals surface area contributed by atoms with Crippen LogP contribution in [0.15, 0.2) is 23.7 Å². The largest absolute Gasteiger partial charge is 0.396 e. The Morgan fingerprint density at radius 1 is 1.47 bits per heavy atom. The fraction of sp³-hybridized carbons (Fsp3) is 0.462. The first-order valence-electron chi connectivity index (χ1n) is 5.88. The Kier molecular flexibility index (Phi) is 4.10. The molecule has 0 amide bonds. The molecular formula is C13H18N2OS. The Hall–Kier alpha value is -0.970. The van der Waals surface area contributed by atoms with Crippen molar-refractivity contribution in [1.82, 2.24) is 10.3 Å². The van der Waals surface area contributed by atoms with Crippen LogP contribution in [0.2, 0.25) is 0 Å². The molecule has 0 saturated carbocycles. The molecule has 2 N–H and O–H groups in total. The van der Waals surface area contributed by atoms with E-state index in [9.17, 15) is 0 Å². The van der Waals surface area contributed by atoms with E-state index in [-0.39, 0.29) is 18.6 Å². The zero-order chi connectivity index (χ0) is 12.3. The van der Waals surface area contributed by atoms with E-state index in [0.717, 1.165) is 12.1 Å². The Morgan fingerprint density at radius 2 is 2.29 bits per heavy atom. The molecule has 17 heavy (non-hydrogen) atoms. The maximum atomic E-state index is 8.98. The van der Waals surface area contributed by atoms with Crippen LogP contribution in [0.25, 0.3) is 10.2 Å². The second-order valence-electron chi connectivity index (χ2n) is 4.49. The highest BCUT2D eigenvalue weighted by atomic mass is 32.1. The summed E-state index contributed by atoms with van der Waals surface area (Å²) in [6, 6.07) is 4.49. The van der Waals surface area contributed by atoms with E-state index in [0.29, 0.717) is 0 Å². The van der Waals surface area contributed by atoms with Crippen molar-refractivity contribution in [2.45, 2.75) is 19.9 Å². The number of hydrogen-bond acceptors (Lipinski definition) is 4. The lowest BCUT2D eigenvalue weighted by atomic mass is 10.1. The number of nitrogens with zero attached hydrogens (tertiary/aromatic N) is 1. The summed E-state index contributed by atoms with van der Waals surface area (Å²) >= 11 is 1.72. The molecule has 0 aromatic carbocycles. The Balaban J connectivity index is 2.05. The molecule has 2 atom stereocenters. The average molecular weight is 250 g/mol. The minimum atomic E-state index is 0.224. The van der Waals surface area contributed by atoms with Gasteiger partial charge in [-0.15, -0.1) is 11.3 Å². The number of pyridine rings is 1. The van der Waals surface area contributed by atoms with Gasteiger partial charge in [-0.2, -0.15) is 0 Å². The van der Waals surface area contributed by atoms with Crippen LogP contribution in [-0.4, -0.2) is 23.2 Å². The number of aliphatic hydroxyl groups excluding tert-OH is 1. The fourth-order valence-corrected chi connectivity index (χ4v) is 2.45. The molecule has 2 heterocycles. The van der Waals surface area contributed by atoms with Gasteiger partial charge in [-0.25, -0.2) is 0 Å². The van der Waals surface area contributed by atoms with Gasteiger partial charge in [-0.05, 0) is 35.9 Å². The van der Waals surface area contributed by atoms with Crippen LogP contribution >= 0.6 is 11.3 Å². The highest BCUT2D eigenvalue weighted by molar-refractivity contribution is 7.17. The first kappa shape index (κ1) is 12.5. The predicted molar refractivity (Wildman–Crippen MR) is 72.3 cm³/mol. The lowest BCUT2D eigenvalue weighted by molar-refractivity contribution is 0.231. The van der Waals surface area contributed by atoms with Crippen LogP contribution in [0.3, 0.4) is 0 Å². The monoisotopic (exact) mass is 250 g/mol. The number of rotatable bonds is 5. The minimum Gasteiger partial charge on any atom is -0.396 e. The molecule has 0 fully saturated rings. The molecule has 0 aliphatic heterocycles. The molecule has 2 unspecified atom stereocenters. The van der Waals surface area contributed by atoms with E-state index in [1.165, 1.54) is 10.3 Å². The first-order valence-corrected chi connectivity index (χ1v) is 6.76. The van der Waals surface area contributed by atoms with Crippen molar-refractivity contribution < 1.29 is 5.11 Å². The molecule has 2 aromatic rings. The van der Waals surface area contributed by atoms with Crippen molar-refractivity contribution in [3.8, 4) is 0 Å². The first-order chi connectivity index (χ1) is 8.20. The molecule has 2 rings (SSSR count). The maximum absolute atomic E-state index is 8.98. The molecule has 0 radical (unpaired) electrons.